The first kappa shape index (κ1) is 12.2. The maximum atomic E-state index is 11.6. The summed E-state index contributed by atoms with van der Waals surface area (Å²) in [5.74, 6) is -0.0110. The van der Waals surface area contributed by atoms with Crippen molar-refractivity contribution in [3.8, 4) is 0 Å². The lowest BCUT2D eigenvalue weighted by atomic mass is 10.3. The molecule has 9 nitrogen and oxygen atoms in total. The Hall–Kier alpha value is -2.29. The van der Waals surface area contributed by atoms with Gasteiger partial charge < -0.3 is 9.52 Å². The molecule has 0 saturated heterocycles. The van der Waals surface area contributed by atoms with Crippen LogP contribution in [0.15, 0.2) is 10.6 Å². The summed E-state index contributed by atoms with van der Waals surface area (Å²) in [6.45, 7) is 3.13. The fourth-order valence-corrected chi connectivity index (χ4v) is 1.24. The predicted octanol–water partition coefficient (Wildman–Crippen LogP) is -0.338. The molecular weight excluding hydrogens is 240 g/mol. The molecule has 0 saturated carbocycles. The van der Waals surface area contributed by atoms with E-state index in [-0.39, 0.29) is 18.5 Å². The van der Waals surface area contributed by atoms with Crippen LogP contribution < -0.4 is 5.32 Å². The molecule has 1 amide bonds. The van der Waals surface area contributed by atoms with Gasteiger partial charge in [0, 0.05) is 6.92 Å². The summed E-state index contributed by atoms with van der Waals surface area (Å²) in [5, 5.41) is 26.3. The molecule has 0 bridgehead atoms. The first-order valence-electron chi connectivity index (χ1n) is 5.22. The van der Waals surface area contributed by atoms with Gasteiger partial charge in [0.25, 0.3) is 0 Å². The van der Waals surface area contributed by atoms with Crippen LogP contribution in [0.2, 0.25) is 0 Å². The highest BCUT2D eigenvalue weighted by Crippen LogP contribution is 2.07. The molecule has 0 aromatic carbocycles. The fourth-order valence-electron chi connectivity index (χ4n) is 1.24. The summed E-state index contributed by atoms with van der Waals surface area (Å²) in [4.78, 5) is 11.6. The Morgan fingerprint density at radius 1 is 1.56 bits per heavy atom. The highest BCUT2D eigenvalue weighted by atomic mass is 16.4. The second-order valence-electron chi connectivity index (χ2n) is 3.69. The van der Waals surface area contributed by atoms with E-state index in [9.17, 15) is 9.90 Å². The molecule has 0 radical (unpaired) electrons. The molecule has 1 unspecified atom stereocenters. The van der Waals surface area contributed by atoms with Gasteiger partial charge in [0.1, 0.15) is 12.2 Å². The number of aromatic nitrogens is 5. The number of anilines is 1. The van der Waals surface area contributed by atoms with Crippen LogP contribution in [0.25, 0.3) is 0 Å². The summed E-state index contributed by atoms with van der Waals surface area (Å²) in [6.07, 6.45) is 0.768. The highest BCUT2D eigenvalue weighted by molar-refractivity contribution is 5.88. The van der Waals surface area contributed by atoms with Gasteiger partial charge in [-0.2, -0.15) is 0 Å². The second kappa shape index (κ2) is 4.92. The molecule has 2 heterocycles. The number of rotatable bonds is 4. The van der Waals surface area contributed by atoms with Crippen LogP contribution in [0, 0.1) is 6.92 Å². The molecule has 18 heavy (non-hydrogen) atoms. The maximum absolute atomic E-state index is 11.6. The molecule has 96 valence electrons. The number of hydrogen-bond donors (Lipinski definition) is 2. The van der Waals surface area contributed by atoms with Crippen LogP contribution in [0.3, 0.4) is 0 Å². The van der Waals surface area contributed by atoms with E-state index in [1.807, 2.05) is 0 Å². The molecular formula is C9H12N6O3. The van der Waals surface area contributed by atoms with E-state index in [2.05, 4.69) is 25.8 Å². The lowest BCUT2D eigenvalue weighted by molar-refractivity contribution is -0.117. The third-order valence-electron chi connectivity index (χ3n) is 2.06. The minimum Gasteiger partial charge on any atom is -0.408 e. The molecule has 0 spiro atoms. The average Bonchev–Trinajstić information content (AvgIpc) is 2.88. The Kier molecular flexibility index (Phi) is 3.33. The molecule has 0 aliphatic heterocycles. The minimum atomic E-state index is -0.722. The van der Waals surface area contributed by atoms with Crippen molar-refractivity contribution in [2.24, 2.45) is 0 Å². The predicted molar refractivity (Wildman–Crippen MR) is 58.3 cm³/mol. The van der Waals surface area contributed by atoms with Crippen LogP contribution in [0.1, 0.15) is 24.6 Å². The van der Waals surface area contributed by atoms with Gasteiger partial charge in [-0.1, -0.05) is 10.3 Å². The first-order chi connectivity index (χ1) is 8.54. The third-order valence-corrected chi connectivity index (χ3v) is 2.06. The van der Waals surface area contributed by atoms with Crippen molar-refractivity contribution in [2.45, 2.75) is 26.5 Å². The SMILES string of the molecule is Cc1nnc(NC(=O)Cn2cc(C(C)O)nn2)o1. The summed E-state index contributed by atoms with van der Waals surface area (Å²) in [6, 6.07) is 0.0355. The van der Waals surface area contributed by atoms with Crippen molar-refractivity contribution < 1.29 is 14.3 Å². The summed E-state index contributed by atoms with van der Waals surface area (Å²) < 4.78 is 6.30. The largest absolute Gasteiger partial charge is 0.408 e. The Labute approximate surface area is 102 Å². The number of nitrogens with one attached hydrogen (secondary N) is 1. The Bertz CT molecular complexity index is 546. The van der Waals surface area contributed by atoms with Gasteiger partial charge in [0.15, 0.2) is 0 Å². The molecule has 0 aliphatic carbocycles. The lowest BCUT2D eigenvalue weighted by Crippen LogP contribution is -2.19. The quantitative estimate of drug-likeness (QED) is 0.763. The Morgan fingerprint density at radius 2 is 2.33 bits per heavy atom. The summed E-state index contributed by atoms with van der Waals surface area (Å²) in [7, 11) is 0. The van der Waals surface area contributed by atoms with Crippen LogP contribution in [0.4, 0.5) is 6.01 Å². The van der Waals surface area contributed by atoms with Crippen LogP contribution in [-0.2, 0) is 11.3 Å². The molecule has 1 atom stereocenters. The number of hydrogen-bond acceptors (Lipinski definition) is 7. The van der Waals surface area contributed by atoms with Gasteiger partial charge in [-0.3, -0.25) is 10.1 Å². The van der Waals surface area contributed by atoms with E-state index >= 15 is 0 Å². The third kappa shape index (κ3) is 2.88. The number of aliphatic hydroxyl groups excluding tert-OH is 1. The molecule has 2 aromatic rings. The van der Waals surface area contributed by atoms with Crippen LogP contribution >= 0.6 is 0 Å². The van der Waals surface area contributed by atoms with E-state index in [0.29, 0.717) is 11.6 Å². The average molecular weight is 252 g/mol. The number of aryl methyl sites for hydroxylation is 1. The molecule has 2 N–H and O–H groups in total. The van der Waals surface area contributed by atoms with Gasteiger partial charge in [0.2, 0.25) is 11.8 Å². The number of aliphatic hydroxyl groups is 1. The number of nitrogens with zero attached hydrogens (tertiary/aromatic N) is 5. The van der Waals surface area contributed by atoms with Gasteiger partial charge >= 0.3 is 6.01 Å². The van der Waals surface area contributed by atoms with E-state index in [1.54, 1.807) is 13.8 Å². The molecule has 2 rings (SSSR count). The van der Waals surface area contributed by atoms with Crippen molar-refractivity contribution >= 4 is 11.9 Å². The molecule has 0 fully saturated rings. The standard InChI is InChI=1S/C9H12N6O3/c1-5(16)7-3-15(14-12-7)4-8(17)10-9-13-11-6(2)18-9/h3,5,16H,4H2,1-2H3,(H,10,13,17). The zero-order valence-corrected chi connectivity index (χ0v) is 9.86. The lowest BCUT2D eigenvalue weighted by Gasteiger charge is -1.99. The summed E-state index contributed by atoms with van der Waals surface area (Å²) in [5.41, 5.74) is 0.399. The van der Waals surface area contributed by atoms with Crippen molar-refractivity contribution in [1.29, 1.82) is 0 Å². The van der Waals surface area contributed by atoms with Gasteiger partial charge in [0.05, 0.1) is 12.3 Å². The Balaban J connectivity index is 1.94. The monoisotopic (exact) mass is 252 g/mol. The smallest absolute Gasteiger partial charge is 0.322 e. The molecule has 2 aromatic heterocycles. The van der Waals surface area contributed by atoms with Gasteiger partial charge in [-0.15, -0.1) is 10.2 Å². The fraction of sp³-hybridized carbons (Fsp3) is 0.444. The zero-order chi connectivity index (χ0) is 13.1. The molecule has 9 heteroatoms. The van der Waals surface area contributed by atoms with Crippen molar-refractivity contribution in [2.75, 3.05) is 5.32 Å². The first-order valence-corrected chi connectivity index (χ1v) is 5.22. The van der Waals surface area contributed by atoms with Gasteiger partial charge in [-0.25, -0.2) is 4.68 Å². The topological polar surface area (TPSA) is 119 Å². The number of amides is 1. The van der Waals surface area contributed by atoms with E-state index in [0.717, 1.165) is 0 Å². The molecule has 0 aliphatic rings. The maximum Gasteiger partial charge on any atom is 0.322 e. The van der Waals surface area contributed by atoms with E-state index in [4.69, 9.17) is 4.42 Å². The summed E-state index contributed by atoms with van der Waals surface area (Å²) >= 11 is 0. The zero-order valence-electron chi connectivity index (χ0n) is 9.86. The minimum absolute atomic E-state index is 0.0355. The van der Waals surface area contributed by atoms with Crippen molar-refractivity contribution in [1.82, 2.24) is 25.2 Å². The van der Waals surface area contributed by atoms with Gasteiger partial charge in [-0.05, 0) is 6.92 Å². The number of carbonyl (C=O) groups excluding carboxylic acids is 1. The normalized spacial score (nSPS) is 12.4. The van der Waals surface area contributed by atoms with Crippen molar-refractivity contribution in [3.05, 3.63) is 17.8 Å². The van der Waals surface area contributed by atoms with E-state index < -0.39 is 6.10 Å². The van der Waals surface area contributed by atoms with Crippen LogP contribution in [-0.4, -0.2) is 36.2 Å². The van der Waals surface area contributed by atoms with Crippen molar-refractivity contribution in [3.63, 3.8) is 0 Å². The van der Waals surface area contributed by atoms with E-state index in [1.165, 1.54) is 10.9 Å². The Morgan fingerprint density at radius 3 is 2.89 bits per heavy atom. The second-order valence-corrected chi connectivity index (χ2v) is 3.69. The van der Waals surface area contributed by atoms with Crippen LogP contribution in [0.5, 0.6) is 0 Å². The highest BCUT2D eigenvalue weighted by Gasteiger charge is 2.11. The number of carbonyl (C=O) groups is 1.